The Labute approximate surface area is 210 Å². The Hall–Kier alpha value is -2.22. The summed E-state index contributed by atoms with van der Waals surface area (Å²) in [5.41, 5.74) is 2.45. The fourth-order valence-electron chi connectivity index (χ4n) is 3.24. The molecule has 3 N–H and O–H groups in total. The van der Waals surface area contributed by atoms with Crippen molar-refractivity contribution in [3.63, 3.8) is 0 Å². The smallest absolute Gasteiger partial charge is 0.211 e. The van der Waals surface area contributed by atoms with Crippen molar-refractivity contribution >= 4 is 41.7 Å². The molecule has 1 aliphatic heterocycles. The maximum Gasteiger partial charge on any atom is 0.211 e. The largest absolute Gasteiger partial charge is 0.359 e. The van der Waals surface area contributed by atoms with Gasteiger partial charge in [0.05, 0.1) is 10.0 Å². The van der Waals surface area contributed by atoms with Gasteiger partial charge in [-0.25, -0.2) is 8.78 Å². The number of carbonyl (C=O) groups is 2. The number of halogens is 4. The number of amides is 2. The highest BCUT2D eigenvalue weighted by Crippen LogP contribution is 2.41. The molecule has 2 atom stereocenters. The van der Waals surface area contributed by atoms with Gasteiger partial charge in [-0.1, -0.05) is 57.0 Å². The molecule has 1 saturated heterocycles. The van der Waals surface area contributed by atoms with Gasteiger partial charge in [0.25, 0.3) is 0 Å². The Balaban J connectivity index is 0.000000489. The topological polar surface area (TPSA) is 70.2 Å². The van der Waals surface area contributed by atoms with Crippen molar-refractivity contribution < 1.29 is 18.4 Å². The van der Waals surface area contributed by atoms with Gasteiger partial charge in [0, 0.05) is 37.2 Å². The van der Waals surface area contributed by atoms with Crippen LogP contribution in [-0.2, 0) is 9.59 Å². The van der Waals surface area contributed by atoms with E-state index in [1.54, 1.807) is 12.1 Å². The van der Waals surface area contributed by atoms with Crippen LogP contribution in [0.1, 0.15) is 57.6 Å². The molecule has 1 fully saturated rings. The summed E-state index contributed by atoms with van der Waals surface area (Å²) in [6, 6.07) is 7.31. The number of carbonyl (C=O) groups excluding carboxylic acids is 2. The highest BCUT2D eigenvalue weighted by atomic mass is 35.5. The quantitative estimate of drug-likeness (QED) is 0.406. The molecule has 0 spiro atoms. The Morgan fingerprint density at radius 2 is 1.56 bits per heavy atom. The highest BCUT2D eigenvalue weighted by molar-refractivity contribution is 6.31. The van der Waals surface area contributed by atoms with Gasteiger partial charge in [-0.3, -0.25) is 9.59 Å². The zero-order valence-electron chi connectivity index (χ0n) is 20.1. The number of nitrogens with one attached hydrogen (secondary N) is 3. The van der Waals surface area contributed by atoms with Gasteiger partial charge in [-0.2, -0.15) is 0 Å². The molecule has 3 rings (SSSR count). The summed E-state index contributed by atoms with van der Waals surface area (Å²) in [6.45, 7) is 12.6. The van der Waals surface area contributed by atoms with Gasteiger partial charge >= 0.3 is 0 Å². The average molecular weight is 516 g/mol. The van der Waals surface area contributed by atoms with E-state index < -0.39 is 11.6 Å². The van der Waals surface area contributed by atoms with Crippen molar-refractivity contribution in [2.24, 2.45) is 5.41 Å². The fraction of sp³-hybridized carbons (Fsp3) is 0.440. The summed E-state index contributed by atoms with van der Waals surface area (Å²) >= 11 is 11.7. The van der Waals surface area contributed by atoms with Crippen LogP contribution in [0.5, 0.6) is 0 Å². The monoisotopic (exact) mass is 515 g/mol. The van der Waals surface area contributed by atoms with Crippen LogP contribution in [0.3, 0.4) is 0 Å². The third kappa shape index (κ3) is 9.95. The molecule has 2 amide bonds. The Bertz CT molecular complexity index is 946. The Kier molecular flexibility index (Phi) is 12.5. The number of hydrogen-bond donors (Lipinski definition) is 3. The molecule has 0 aromatic heterocycles. The maximum atomic E-state index is 14.0. The molecule has 9 heteroatoms. The Morgan fingerprint density at radius 3 is 2.06 bits per heavy atom. The van der Waals surface area contributed by atoms with E-state index in [4.69, 9.17) is 23.2 Å². The summed E-state index contributed by atoms with van der Waals surface area (Å²) in [7, 11) is 0. The van der Waals surface area contributed by atoms with Gasteiger partial charge in [-0.05, 0) is 47.7 Å². The molecule has 0 saturated carbocycles. The van der Waals surface area contributed by atoms with Gasteiger partial charge in [0.1, 0.15) is 11.6 Å². The van der Waals surface area contributed by atoms with Crippen LogP contribution in [0.2, 0.25) is 10.0 Å². The lowest BCUT2D eigenvalue weighted by Gasteiger charge is -2.22. The van der Waals surface area contributed by atoms with Crippen molar-refractivity contribution in [1.29, 1.82) is 0 Å². The lowest BCUT2D eigenvalue weighted by Crippen LogP contribution is -2.12. The minimum atomic E-state index is -0.550. The van der Waals surface area contributed by atoms with Gasteiger partial charge in [-0.15, -0.1) is 0 Å². The average Bonchev–Trinajstić information content (AvgIpc) is 3.22. The molecule has 5 nitrogen and oxygen atoms in total. The molecule has 0 radical (unpaired) electrons. The SMILES string of the molecule is CC(C)(C)C.CCNC=O.O=CNc1cc(Cl)c(F)cc1[C@@H]1CNC[C@@H]1c1ccc(F)c(Cl)c1. The standard InChI is InChI=1S/C17H14Cl2F2N2O.C5H12.C3H7NO/c18-13-3-9(1-2-15(13)20)11-6-22-7-12(11)10-4-16(21)14(19)5-17(10)23-8-24;1-5(2,3)4;1-2-4-3-5/h1-5,8,11-12,22H,6-7H2,(H,23,24);1-4H3;3H,2H2,1H3,(H,4,5)/t11-,12+;;/m1../s1. The molecule has 1 aliphatic rings. The van der Waals surface area contributed by atoms with Crippen molar-refractivity contribution in [3.8, 4) is 0 Å². The molecule has 188 valence electrons. The second kappa shape index (κ2) is 14.2. The van der Waals surface area contributed by atoms with Crippen LogP contribution < -0.4 is 16.0 Å². The molecule has 2 aromatic rings. The molecule has 2 aromatic carbocycles. The lowest BCUT2D eigenvalue weighted by molar-refractivity contribution is -0.109. The van der Waals surface area contributed by atoms with Crippen LogP contribution in [0, 0.1) is 17.0 Å². The maximum absolute atomic E-state index is 14.0. The van der Waals surface area contributed by atoms with Crippen molar-refractivity contribution in [2.75, 3.05) is 25.0 Å². The summed E-state index contributed by atoms with van der Waals surface area (Å²) in [4.78, 5) is 20.1. The molecule has 0 bridgehead atoms. The second-order valence-electron chi connectivity index (χ2n) is 9.34. The lowest BCUT2D eigenvalue weighted by atomic mass is 9.83. The van der Waals surface area contributed by atoms with Gasteiger partial charge in [0.2, 0.25) is 12.8 Å². The first kappa shape index (κ1) is 29.8. The van der Waals surface area contributed by atoms with Crippen molar-refractivity contribution in [3.05, 3.63) is 63.1 Å². The van der Waals surface area contributed by atoms with Crippen LogP contribution in [-0.4, -0.2) is 32.5 Å². The summed E-state index contributed by atoms with van der Waals surface area (Å²) in [5.74, 6) is -1.17. The zero-order chi connectivity index (χ0) is 25.9. The number of rotatable bonds is 6. The van der Waals surface area contributed by atoms with E-state index >= 15 is 0 Å². The first-order chi connectivity index (χ1) is 15.9. The Morgan fingerprint density at radius 1 is 0.971 bits per heavy atom. The normalized spacial score (nSPS) is 17.0. The minimum Gasteiger partial charge on any atom is -0.359 e. The minimum absolute atomic E-state index is 0.0316. The van der Waals surface area contributed by atoms with Crippen molar-refractivity contribution in [2.45, 2.75) is 46.5 Å². The molecule has 1 heterocycles. The van der Waals surface area contributed by atoms with Crippen LogP contribution >= 0.6 is 23.2 Å². The first-order valence-corrected chi connectivity index (χ1v) is 11.7. The highest BCUT2D eigenvalue weighted by Gasteiger charge is 2.32. The third-order valence-electron chi connectivity index (χ3n) is 4.58. The van der Waals surface area contributed by atoms with E-state index in [9.17, 15) is 18.4 Å². The van der Waals surface area contributed by atoms with E-state index in [0.717, 1.165) is 12.1 Å². The predicted molar refractivity (Wildman–Crippen MR) is 136 cm³/mol. The predicted octanol–water partition coefficient (Wildman–Crippen LogP) is 6.12. The summed E-state index contributed by atoms with van der Waals surface area (Å²) < 4.78 is 27.4. The number of benzene rings is 2. The first-order valence-electron chi connectivity index (χ1n) is 10.9. The number of hydrogen-bond acceptors (Lipinski definition) is 3. The van der Waals surface area contributed by atoms with E-state index in [1.807, 2.05) is 6.92 Å². The third-order valence-corrected chi connectivity index (χ3v) is 5.16. The molecule has 0 aliphatic carbocycles. The summed E-state index contributed by atoms with van der Waals surface area (Å²) in [6.07, 6.45) is 1.21. The van der Waals surface area contributed by atoms with Gasteiger partial charge in [0.15, 0.2) is 0 Å². The molecule has 0 unspecified atom stereocenters. The van der Waals surface area contributed by atoms with E-state index in [-0.39, 0.29) is 21.9 Å². The summed E-state index contributed by atoms with van der Waals surface area (Å²) in [5, 5.41) is 8.24. The van der Waals surface area contributed by atoms with Crippen LogP contribution in [0.4, 0.5) is 14.5 Å². The zero-order valence-corrected chi connectivity index (χ0v) is 21.7. The second-order valence-corrected chi connectivity index (χ2v) is 10.2. The van der Waals surface area contributed by atoms with Crippen molar-refractivity contribution in [1.82, 2.24) is 10.6 Å². The molecular formula is C25H33Cl2F2N3O2. The van der Waals surface area contributed by atoms with E-state index in [1.165, 1.54) is 18.2 Å². The molecular weight excluding hydrogens is 483 g/mol. The van der Waals surface area contributed by atoms with Crippen LogP contribution in [0.25, 0.3) is 0 Å². The van der Waals surface area contributed by atoms with E-state index in [2.05, 4.69) is 43.6 Å². The van der Waals surface area contributed by atoms with Gasteiger partial charge < -0.3 is 16.0 Å². The number of anilines is 1. The molecule has 34 heavy (non-hydrogen) atoms. The fourth-order valence-corrected chi connectivity index (χ4v) is 3.59. The van der Waals surface area contributed by atoms with E-state index in [0.29, 0.717) is 42.6 Å². The van der Waals surface area contributed by atoms with Crippen LogP contribution in [0.15, 0.2) is 30.3 Å².